The number of amides is 1. The molecule has 3 nitrogen and oxygen atoms in total. The van der Waals surface area contributed by atoms with E-state index in [9.17, 15) is 4.79 Å². The summed E-state index contributed by atoms with van der Waals surface area (Å²) in [5.41, 5.74) is 0.00307. The molecule has 1 saturated heterocycles. The Morgan fingerprint density at radius 3 is 2.46 bits per heavy atom. The van der Waals surface area contributed by atoms with Crippen LogP contribution in [0.15, 0.2) is 0 Å². The van der Waals surface area contributed by atoms with E-state index in [1.807, 2.05) is 0 Å². The Balaban J connectivity index is 2.43. The van der Waals surface area contributed by atoms with Crippen molar-refractivity contribution in [3.05, 3.63) is 0 Å². The molecule has 0 aliphatic carbocycles. The molecule has 1 heterocycles. The van der Waals surface area contributed by atoms with Gasteiger partial charge in [0, 0.05) is 19.7 Å². The van der Waals surface area contributed by atoms with Gasteiger partial charge in [0.25, 0.3) is 0 Å². The van der Waals surface area contributed by atoms with Crippen LogP contribution >= 0.6 is 11.6 Å². The molecular weight excluding hydrogens is 190 g/mol. The van der Waals surface area contributed by atoms with Crippen LogP contribution in [0.25, 0.3) is 0 Å². The molecule has 4 heteroatoms. The summed E-state index contributed by atoms with van der Waals surface area (Å²) < 4.78 is 0. The topological polar surface area (TPSA) is 40.5 Å². The molecule has 0 spiro atoms. The zero-order valence-corrected chi connectivity index (χ0v) is 8.68. The first-order valence-corrected chi connectivity index (χ1v) is 5.09. The van der Waals surface area contributed by atoms with Gasteiger partial charge in [0.2, 0.25) is 5.91 Å². The van der Waals surface area contributed by atoms with Crippen molar-refractivity contribution in [1.82, 2.24) is 4.90 Å². The first-order valence-electron chi connectivity index (χ1n) is 4.56. The summed E-state index contributed by atoms with van der Waals surface area (Å²) in [5, 5.41) is 9.10. The average molecular weight is 206 g/mol. The number of carbonyl (C=O) groups excluding carboxylic acids is 1. The van der Waals surface area contributed by atoms with Gasteiger partial charge in [-0.25, -0.2) is 0 Å². The van der Waals surface area contributed by atoms with Gasteiger partial charge in [0.05, 0.1) is 0 Å². The Labute approximate surface area is 83.7 Å². The fourth-order valence-corrected chi connectivity index (χ4v) is 1.71. The van der Waals surface area contributed by atoms with Gasteiger partial charge in [-0.3, -0.25) is 4.79 Å². The van der Waals surface area contributed by atoms with Gasteiger partial charge in [-0.1, -0.05) is 6.92 Å². The third kappa shape index (κ3) is 2.58. The lowest BCUT2D eigenvalue weighted by Gasteiger charge is -2.37. The molecule has 0 aromatic carbocycles. The third-order valence-electron chi connectivity index (χ3n) is 2.82. The predicted octanol–water partition coefficient (Wildman–Crippen LogP) is 0.846. The number of hydrogen-bond acceptors (Lipinski definition) is 2. The number of nitrogens with zero attached hydrogens (tertiary/aromatic N) is 1. The van der Waals surface area contributed by atoms with E-state index in [4.69, 9.17) is 16.7 Å². The molecule has 1 aliphatic rings. The maximum Gasteiger partial charge on any atom is 0.237 e. The molecule has 1 rings (SSSR count). The molecule has 13 heavy (non-hydrogen) atoms. The van der Waals surface area contributed by atoms with Crippen LogP contribution in [-0.2, 0) is 4.79 Å². The minimum atomic E-state index is 0.00153. The monoisotopic (exact) mass is 205 g/mol. The van der Waals surface area contributed by atoms with Gasteiger partial charge in [-0.15, -0.1) is 11.6 Å². The second-order valence-corrected chi connectivity index (χ2v) is 4.25. The van der Waals surface area contributed by atoms with Gasteiger partial charge in [0.1, 0.15) is 5.88 Å². The number of rotatable bonds is 2. The SMILES string of the molecule is CC1(CO)CCN(C(=O)CCl)CC1. The normalized spacial score (nSPS) is 21.6. The minimum absolute atomic E-state index is 0.00153. The standard InChI is InChI=1S/C9H16ClNO2/c1-9(7-12)2-4-11(5-3-9)8(13)6-10/h12H,2-7H2,1H3. The lowest BCUT2D eigenvalue weighted by Crippen LogP contribution is -2.43. The summed E-state index contributed by atoms with van der Waals surface area (Å²) in [4.78, 5) is 13.0. The van der Waals surface area contributed by atoms with E-state index in [-0.39, 0.29) is 23.8 Å². The van der Waals surface area contributed by atoms with Crippen molar-refractivity contribution in [3.63, 3.8) is 0 Å². The van der Waals surface area contributed by atoms with Gasteiger partial charge in [-0.2, -0.15) is 0 Å². The number of aliphatic hydroxyl groups excluding tert-OH is 1. The van der Waals surface area contributed by atoms with Gasteiger partial charge in [0.15, 0.2) is 0 Å². The van der Waals surface area contributed by atoms with Crippen molar-refractivity contribution < 1.29 is 9.90 Å². The summed E-state index contributed by atoms with van der Waals surface area (Å²) in [6.07, 6.45) is 1.73. The molecule has 76 valence electrons. The highest BCUT2D eigenvalue weighted by Gasteiger charge is 2.30. The molecule has 0 atom stereocenters. The Morgan fingerprint density at radius 2 is 2.08 bits per heavy atom. The van der Waals surface area contributed by atoms with Gasteiger partial charge in [-0.05, 0) is 18.3 Å². The Bertz CT molecular complexity index is 188. The summed E-state index contributed by atoms with van der Waals surface area (Å²) in [6, 6.07) is 0. The van der Waals surface area contributed by atoms with E-state index < -0.39 is 0 Å². The third-order valence-corrected chi connectivity index (χ3v) is 3.05. The van der Waals surface area contributed by atoms with Crippen molar-refractivity contribution in [1.29, 1.82) is 0 Å². The lowest BCUT2D eigenvalue weighted by molar-refractivity contribution is -0.131. The molecule has 1 fully saturated rings. The Hall–Kier alpha value is -0.280. The quantitative estimate of drug-likeness (QED) is 0.679. The van der Waals surface area contributed by atoms with Crippen molar-refractivity contribution in [3.8, 4) is 0 Å². The lowest BCUT2D eigenvalue weighted by atomic mass is 9.81. The molecular formula is C9H16ClNO2. The second kappa shape index (κ2) is 4.29. The van der Waals surface area contributed by atoms with Gasteiger partial charge < -0.3 is 10.0 Å². The number of carbonyl (C=O) groups is 1. The van der Waals surface area contributed by atoms with Crippen molar-refractivity contribution in [2.24, 2.45) is 5.41 Å². The van der Waals surface area contributed by atoms with Crippen molar-refractivity contribution in [2.45, 2.75) is 19.8 Å². The molecule has 1 aliphatic heterocycles. The zero-order chi connectivity index (χ0) is 9.90. The molecule has 0 saturated carbocycles. The number of piperidine rings is 1. The van der Waals surface area contributed by atoms with Crippen molar-refractivity contribution in [2.75, 3.05) is 25.6 Å². The van der Waals surface area contributed by atoms with Crippen molar-refractivity contribution >= 4 is 17.5 Å². The molecule has 0 aromatic heterocycles. The van der Waals surface area contributed by atoms with Crippen LogP contribution in [0.5, 0.6) is 0 Å². The highest BCUT2D eigenvalue weighted by atomic mass is 35.5. The average Bonchev–Trinajstić information content (AvgIpc) is 2.18. The first kappa shape index (κ1) is 10.8. The van der Waals surface area contributed by atoms with Crippen LogP contribution in [0.4, 0.5) is 0 Å². The van der Waals surface area contributed by atoms with E-state index in [0.29, 0.717) is 0 Å². The van der Waals surface area contributed by atoms with Gasteiger partial charge >= 0.3 is 0 Å². The van der Waals surface area contributed by atoms with E-state index in [2.05, 4.69) is 6.92 Å². The van der Waals surface area contributed by atoms with Crippen LogP contribution < -0.4 is 0 Å². The van der Waals surface area contributed by atoms with Crippen LogP contribution in [0.1, 0.15) is 19.8 Å². The number of aliphatic hydroxyl groups is 1. The second-order valence-electron chi connectivity index (χ2n) is 3.98. The fourth-order valence-electron chi connectivity index (χ4n) is 1.54. The predicted molar refractivity (Wildman–Crippen MR) is 51.7 cm³/mol. The van der Waals surface area contributed by atoms with Crippen LogP contribution in [-0.4, -0.2) is 41.5 Å². The maximum atomic E-state index is 11.2. The van der Waals surface area contributed by atoms with E-state index >= 15 is 0 Å². The van der Waals surface area contributed by atoms with Crippen LogP contribution in [0.3, 0.4) is 0 Å². The molecule has 1 N–H and O–H groups in total. The Kier molecular flexibility index (Phi) is 3.56. The molecule has 0 radical (unpaired) electrons. The van der Waals surface area contributed by atoms with E-state index in [1.165, 1.54) is 0 Å². The summed E-state index contributed by atoms with van der Waals surface area (Å²) in [5.74, 6) is 0.0669. The zero-order valence-electron chi connectivity index (χ0n) is 7.92. The summed E-state index contributed by atoms with van der Waals surface area (Å²) >= 11 is 5.45. The number of alkyl halides is 1. The smallest absolute Gasteiger partial charge is 0.237 e. The Morgan fingerprint density at radius 1 is 1.54 bits per heavy atom. The molecule has 1 amide bonds. The highest BCUT2D eigenvalue weighted by Crippen LogP contribution is 2.29. The van der Waals surface area contributed by atoms with Crippen LogP contribution in [0, 0.1) is 5.41 Å². The highest BCUT2D eigenvalue weighted by molar-refractivity contribution is 6.27. The molecule has 0 aromatic rings. The number of likely N-dealkylation sites (tertiary alicyclic amines) is 1. The largest absolute Gasteiger partial charge is 0.396 e. The van der Waals surface area contributed by atoms with E-state index in [0.717, 1.165) is 25.9 Å². The number of halogens is 1. The molecule has 0 bridgehead atoms. The fraction of sp³-hybridized carbons (Fsp3) is 0.889. The minimum Gasteiger partial charge on any atom is -0.396 e. The summed E-state index contributed by atoms with van der Waals surface area (Å²) in [6.45, 7) is 3.71. The van der Waals surface area contributed by atoms with E-state index in [1.54, 1.807) is 4.90 Å². The number of hydrogen-bond donors (Lipinski definition) is 1. The summed E-state index contributed by atoms with van der Waals surface area (Å²) in [7, 11) is 0. The van der Waals surface area contributed by atoms with Crippen LogP contribution in [0.2, 0.25) is 0 Å². The molecule has 0 unspecified atom stereocenters. The maximum absolute atomic E-state index is 11.2. The first-order chi connectivity index (χ1) is 6.11.